The number of rotatable bonds is 9. The van der Waals surface area contributed by atoms with E-state index < -0.39 is 0 Å². The standard InChI is InChI=1S/C17H36N2O2/c1-15(2)16-6-5-8-17(14-18,9-7-16)19(10-12-20-3)11-13-21-4/h15-16H,5-14,18H2,1-4H3. The fraction of sp³-hybridized carbons (Fsp3) is 1.00. The number of hydrogen-bond donors (Lipinski definition) is 1. The van der Waals surface area contributed by atoms with Crippen LogP contribution in [-0.4, -0.2) is 57.5 Å². The summed E-state index contributed by atoms with van der Waals surface area (Å²) in [7, 11) is 3.54. The van der Waals surface area contributed by atoms with E-state index in [1.165, 1.54) is 32.1 Å². The Morgan fingerprint density at radius 3 is 2.19 bits per heavy atom. The van der Waals surface area contributed by atoms with Gasteiger partial charge in [-0.2, -0.15) is 0 Å². The van der Waals surface area contributed by atoms with Crippen LogP contribution in [0.4, 0.5) is 0 Å². The first-order valence-corrected chi connectivity index (χ1v) is 8.52. The van der Waals surface area contributed by atoms with E-state index in [2.05, 4.69) is 18.7 Å². The van der Waals surface area contributed by atoms with Crippen molar-refractivity contribution in [1.29, 1.82) is 0 Å². The number of nitrogens with zero attached hydrogens (tertiary/aromatic N) is 1. The fourth-order valence-corrected chi connectivity index (χ4v) is 3.72. The summed E-state index contributed by atoms with van der Waals surface area (Å²) in [5.41, 5.74) is 6.39. The zero-order valence-electron chi connectivity index (χ0n) is 14.6. The molecule has 0 aliphatic heterocycles. The molecule has 0 saturated heterocycles. The molecule has 4 nitrogen and oxygen atoms in total. The highest BCUT2D eigenvalue weighted by atomic mass is 16.5. The lowest BCUT2D eigenvalue weighted by molar-refractivity contribution is 0.0269. The van der Waals surface area contributed by atoms with Crippen LogP contribution in [0.15, 0.2) is 0 Å². The van der Waals surface area contributed by atoms with E-state index in [0.717, 1.165) is 44.7 Å². The fourth-order valence-electron chi connectivity index (χ4n) is 3.72. The number of methoxy groups -OCH3 is 2. The van der Waals surface area contributed by atoms with Crippen LogP contribution in [0.1, 0.15) is 46.0 Å². The summed E-state index contributed by atoms with van der Waals surface area (Å²) in [6.07, 6.45) is 6.35. The van der Waals surface area contributed by atoms with E-state index in [-0.39, 0.29) is 5.54 Å². The van der Waals surface area contributed by atoms with Crippen LogP contribution in [0.3, 0.4) is 0 Å². The zero-order valence-corrected chi connectivity index (χ0v) is 14.6. The largest absolute Gasteiger partial charge is 0.383 e. The second-order valence-electron chi connectivity index (χ2n) is 6.84. The molecule has 2 atom stereocenters. The second-order valence-corrected chi connectivity index (χ2v) is 6.84. The van der Waals surface area contributed by atoms with Gasteiger partial charge in [-0.1, -0.05) is 26.7 Å². The Kier molecular flexibility index (Phi) is 8.79. The van der Waals surface area contributed by atoms with Gasteiger partial charge in [0.05, 0.1) is 13.2 Å². The first kappa shape index (κ1) is 18.9. The monoisotopic (exact) mass is 300 g/mol. The van der Waals surface area contributed by atoms with Crippen LogP contribution in [0.2, 0.25) is 0 Å². The van der Waals surface area contributed by atoms with Gasteiger partial charge in [-0.3, -0.25) is 4.90 Å². The minimum atomic E-state index is 0.140. The Balaban J connectivity index is 2.77. The third-order valence-corrected chi connectivity index (χ3v) is 5.32. The summed E-state index contributed by atoms with van der Waals surface area (Å²) in [6, 6.07) is 0. The summed E-state index contributed by atoms with van der Waals surface area (Å²) in [4.78, 5) is 2.53. The van der Waals surface area contributed by atoms with E-state index in [9.17, 15) is 0 Å². The maximum Gasteiger partial charge on any atom is 0.0589 e. The Bertz CT molecular complexity index is 266. The highest BCUT2D eigenvalue weighted by Crippen LogP contribution is 2.36. The molecular weight excluding hydrogens is 264 g/mol. The molecule has 0 heterocycles. The van der Waals surface area contributed by atoms with Crippen LogP contribution in [-0.2, 0) is 9.47 Å². The van der Waals surface area contributed by atoms with Crippen LogP contribution >= 0.6 is 0 Å². The van der Waals surface area contributed by atoms with Gasteiger partial charge in [-0.15, -0.1) is 0 Å². The van der Waals surface area contributed by atoms with Gasteiger partial charge in [0.15, 0.2) is 0 Å². The molecule has 1 rings (SSSR count). The van der Waals surface area contributed by atoms with Gasteiger partial charge < -0.3 is 15.2 Å². The first-order valence-electron chi connectivity index (χ1n) is 8.52. The highest BCUT2D eigenvalue weighted by molar-refractivity contribution is 4.94. The molecule has 0 spiro atoms. The van der Waals surface area contributed by atoms with Crippen molar-refractivity contribution in [3.8, 4) is 0 Å². The molecule has 0 aromatic rings. The number of nitrogens with two attached hydrogens (primary N) is 1. The van der Waals surface area contributed by atoms with Gasteiger partial charge in [0, 0.05) is 39.4 Å². The molecule has 1 fully saturated rings. The van der Waals surface area contributed by atoms with Crippen molar-refractivity contribution in [3.05, 3.63) is 0 Å². The topological polar surface area (TPSA) is 47.7 Å². The van der Waals surface area contributed by atoms with Crippen molar-refractivity contribution < 1.29 is 9.47 Å². The Morgan fingerprint density at radius 1 is 1.10 bits per heavy atom. The molecule has 1 saturated carbocycles. The molecule has 4 heteroatoms. The molecule has 0 aromatic heterocycles. The van der Waals surface area contributed by atoms with Crippen molar-refractivity contribution >= 4 is 0 Å². The van der Waals surface area contributed by atoms with Gasteiger partial charge in [0.1, 0.15) is 0 Å². The van der Waals surface area contributed by atoms with Crippen molar-refractivity contribution in [3.63, 3.8) is 0 Å². The average molecular weight is 300 g/mol. The number of ether oxygens (including phenoxy) is 2. The van der Waals surface area contributed by atoms with Crippen molar-refractivity contribution in [2.24, 2.45) is 17.6 Å². The molecule has 21 heavy (non-hydrogen) atoms. The van der Waals surface area contributed by atoms with Crippen LogP contribution in [0, 0.1) is 11.8 Å². The normalized spacial score (nSPS) is 27.3. The molecule has 2 unspecified atom stereocenters. The van der Waals surface area contributed by atoms with Crippen molar-refractivity contribution in [2.45, 2.75) is 51.5 Å². The zero-order chi connectivity index (χ0) is 15.7. The summed E-state index contributed by atoms with van der Waals surface area (Å²) in [6.45, 7) is 8.87. The molecule has 126 valence electrons. The summed E-state index contributed by atoms with van der Waals surface area (Å²) in [5.74, 6) is 1.63. The third kappa shape index (κ3) is 5.51. The van der Waals surface area contributed by atoms with Gasteiger partial charge in [0.2, 0.25) is 0 Å². The average Bonchev–Trinajstić information content (AvgIpc) is 2.71. The van der Waals surface area contributed by atoms with Gasteiger partial charge in [-0.25, -0.2) is 0 Å². The molecule has 0 amide bonds. The highest BCUT2D eigenvalue weighted by Gasteiger charge is 2.37. The smallest absolute Gasteiger partial charge is 0.0589 e. The van der Waals surface area contributed by atoms with Gasteiger partial charge >= 0.3 is 0 Å². The molecular formula is C17H36N2O2. The summed E-state index contributed by atoms with van der Waals surface area (Å²) < 4.78 is 10.6. The molecule has 2 N–H and O–H groups in total. The molecule has 0 bridgehead atoms. The predicted octanol–water partition coefficient (Wildman–Crippen LogP) is 2.51. The second kappa shape index (κ2) is 9.78. The molecule has 0 aromatic carbocycles. The third-order valence-electron chi connectivity index (χ3n) is 5.32. The Morgan fingerprint density at radius 2 is 1.71 bits per heavy atom. The quantitative estimate of drug-likeness (QED) is 0.665. The van der Waals surface area contributed by atoms with Gasteiger partial charge in [-0.05, 0) is 31.1 Å². The van der Waals surface area contributed by atoms with Gasteiger partial charge in [0.25, 0.3) is 0 Å². The Labute approximate surface area is 131 Å². The van der Waals surface area contributed by atoms with E-state index in [0.29, 0.717) is 0 Å². The maximum atomic E-state index is 6.25. The molecule has 1 aliphatic carbocycles. The lowest BCUT2D eigenvalue weighted by Crippen LogP contribution is -2.55. The SMILES string of the molecule is COCCN(CCOC)C1(CN)CCCC(C(C)C)CC1. The minimum Gasteiger partial charge on any atom is -0.383 e. The minimum absolute atomic E-state index is 0.140. The Hall–Kier alpha value is -0.160. The summed E-state index contributed by atoms with van der Waals surface area (Å²) in [5, 5.41) is 0. The van der Waals surface area contributed by atoms with E-state index >= 15 is 0 Å². The van der Waals surface area contributed by atoms with E-state index in [1.807, 2.05) is 0 Å². The lowest BCUT2D eigenvalue weighted by Gasteiger charge is -2.43. The van der Waals surface area contributed by atoms with E-state index in [1.54, 1.807) is 14.2 Å². The number of hydrogen-bond acceptors (Lipinski definition) is 4. The lowest BCUT2D eigenvalue weighted by atomic mass is 9.85. The maximum absolute atomic E-state index is 6.25. The van der Waals surface area contributed by atoms with Crippen LogP contribution < -0.4 is 5.73 Å². The van der Waals surface area contributed by atoms with E-state index in [4.69, 9.17) is 15.2 Å². The van der Waals surface area contributed by atoms with Crippen molar-refractivity contribution in [1.82, 2.24) is 4.90 Å². The summed E-state index contributed by atoms with van der Waals surface area (Å²) >= 11 is 0. The van der Waals surface area contributed by atoms with Crippen molar-refractivity contribution in [2.75, 3.05) is 47.1 Å². The molecule has 1 aliphatic rings. The van der Waals surface area contributed by atoms with Crippen LogP contribution in [0.5, 0.6) is 0 Å². The predicted molar refractivity (Wildman–Crippen MR) is 88.5 cm³/mol. The molecule has 0 radical (unpaired) electrons. The van der Waals surface area contributed by atoms with Crippen LogP contribution in [0.25, 0.3) is 0 Å². The first-order chi connectivity index (χ1) is 10.1.